The van der Waals surface area contributed by atoms with E-state index in [9.17, 15) is 19.5 Å². The molecule has 1 atom stereocenters. The van der Waals surface area contributed by atoms with Crippen LogP contribution in [0.5, 0.6) is 5.75 Å². The van der Waals surface area contributed by atoms with Gasteiger partial charge in [0.2, 0.25) is 0 Å². The molecule has 1 aliphatic carbocycles. The van der Waals surface area contributed by atoms with E-state index in [1.807, 2.05) is 6.07 Å². The predicted octanol–water partition coefficient (Wildman–Crippen LogP) is 5.95. The number of ether oxygens (including phenoxy) is 1. The number of rotatable bonds is 8. The minimum atomic E-state index is -1.61. The highest BCUT2D eigenvalue weighted by atomic mass is 79.9. The zero-order valence-corrected chi connectivity index (χ0v) is 20.8. The van der Waals surface area contributed by atoms with E-state index < -0.39 is 18.1 Å². The molecule has 0 saturated heterocycles. The SMILES string of the molecule is CCC1CCCCC1.O=C=C(c1ccc(OBr)cc1)[C@H](NC(=O)OCc1ccccc1)C(=O)O. The van der Waals surface area contributed by atoms with Gasteiger partial charge >= 0.3 is 12.1 Å². The van der Waals surface area contributed by atoms with Crippen molar-refractivity contribution in [3.63, 3.8) is 0 Å². The van der Waals surface area contributed by atoms with Crippen LogP contribution in [0.25, 0.3) is 5.57 Å². The number of carboxylic acid groups (broad SMARTS) is 1. The molecule has 0 aliphatic heterocycles. The van der Waals surface area contributed by atoms with Crippen molar-refractivity contribution in [1.82, 2.24) is 5.32 Å². The summed E-state index contributed by atoms with van der Waals surface area (Å²) in [7, 11) is 0. The molecule has 0 aromatic heterocycles. The molecule has 1 amide bonds. The molecule has 7 nitrogen and oxygen atoms in total. The van der Waals surface area contributed by atoms with Crippen LogP contribution in [-0.4, -0.2) is 29.2 Å². The topological polar surface area (TPSA) is 102 Å². The Kier molecular flexibility index (Phi) is 11.9. The number of carboxylic acids is 1. The summed E-state index contributed by atoms with van der Waals surface area (Å²) < 4.78 is 9.82. The Morgan fingerprint density at radius 2 is 1.74 bits per heavy atom. The number of hydrogen-bond acceptors (Lipinski definition) is 5. The number of carbonyl (C=O) groups excluding carboxylic acids is 2. The summed E-state index contributed by atoms with van der Waals surface area (Å²) in [6, 6.07) is 13.3. The Bertz CT molecular complexity index is 951. The molecule has 2 N–H and O–H groups in total. The number of halogens is 1. The third-order valence-corrected chi connectivity index (χ3v) is 6.05. The highest BCUT2D eigenvalue weighted by Gasteiger charge is 2.27. The normalized spacial score (nSPS) is 13.9. The highest BCUT2D eigenvalue weighted by molar-refractivity contribution is 9.06. The molecule has 0 heterocycles. The fourth-order valence-corrected chi connectivity index (χ4v) is 3.92. The molecule has 1 fully saturated rings. The first-order valence-corrected chi connectivity index (χ1v) is 12.0. The molecule has 3 rings (SSSR count). The van der Waals surface area contributed by atoms with E-state index in [4.69, 9.17) is 8.57 Å². The molecule has 8 heteroatoms. The Morgan fingerprint density at radius 3 is 2.24 bits per heavy atom. The number of hydrogen-bond donors (Lipinski definition) is 2. The first kappa shape index (κ1) is 27.2. The van der Waals surface area contributed by atoms with Crippen LogP contribution in [0.1, 0.15) is 56.6 Å². The van der Waals surface area contributed by atoms with Crippen LogP contribution in [0.4, 0.5) is 4.79 Å². The maximum Gasteiger partial charge on any atom is 0.408 e. The van der Waals surface area contributed by atoms with Crippen LogP contribution in [0.2, 0.25) is 0 Å². The first-order valence-electron chi connectivity index (χ1n) is 11.3. The second-order valence-electron chi connectivity index (χ2n) is 8.01. The van der Waals surface area contributed by atoms with Gasteiger partial charge in [0.1, 0.15) is 18.3 Å². The van der Waals surface area contributed by atoms with Crippen molar-refractivity contribution >= 4 is 39.8 Å². The number of aliphatic carboxylic acids is 1. The zero-order chi connectivity index (χ0) is 24.8. The number of nitrogens with one attached hydrogen (secondary N) is 1. The molecule has 1 saturated carbocycles. The second kappa shape index (κ2) is 14.9. The maximum absolute atomic E-state index is 11.9. The molecular weight excluding hydrogens is 502 g/mol. The average Bonchev–Trinajstić information content (AvgIpc) is 2.89. The predicted molar refractivity (Wildman–Crippen MR) is 133 cm³/mol. The van der Waals surface area contributed by atoms with Crippen molar-refractivity contribution in [3.05, 3.63) is 65.7 Å². The van der Waals surface area contributed by atoms with Crippen molar-refractivity contribution in [3.8, 4) is 5.75 Å². The van der Waals surface area contributed by atoms with Gasteiger partial charge in [0.05, 0.1) is 5.57 Å². The largest absolute Gasteiger partial charge is 0.479 e. The van der Waals surface area contributed by atoms with Crippen LogP contribution in [0, 0.1) is 5.92 Å². The summed E-state index contributed by atoms with van der Waals surface area (Å²) >= 11 is 2.81. The average molecular weight is 532 g/mol. The molecule has 0 bridgehead atoms. The van der Waals surface area contributed by atoms with E-state index in [0.29, 0.717) is 5.75 Å². The molecule has 1 aliphatic rings. The Morgan fingerprint density at radius 1 is 1.09 bits per heavy atom. The number of benzene rings is 2. The summed E-state index contributed by atoms with van der Waals surface area (Å²) in [6.45, 7) is 2.28. The van der Waals surface area contributed by atoms with E-state index in [1.165, 1.54) is 62.8 Å². The molecule has 2 aromatic carbocycles. The molecule has 0 radical (unpaired) electrons. The van der Waals surface area contributed by atoms with Gasteiger partial charge in [0.15, 0.2) is 22.3 Å². The lowest BCUT2D eigenvalue weighted by molar-refractivity contribution is -0.137. The van der Waals surface area contributed by atoms with E-state index >= 15 is 0 Å². The molecule has 0 spiro atoms. The number of amides is 1. The Labute approximate surface area is 208 Å². The third kappa shape index (κ3) is 9.04. The second-order valence-corrected chi connectivity index (χ2v) is 8.33. The van der Waals surface area contributed by atoms with Crippen molar-refractivity contribution in [2.75, 3.05) is 0 Å². The minimum Gasteiger partial charge on any atom is -0.479 e. The minimum absolute atomic E-state index is 0.0313. The smallest absolute Gasteiger partial charge is 0.408 e. The van der Waals surface area contributed by atoms with Gasteiger partial charge in [-0.15, -0.1) is 0 Å². The summed E-state index contributed by atoms with van der Waals surface area (Å²) in [5.41, 5.74) is 0.783. The lowest BCUT2D eigenvalue weighted by atomic mass is 9.88. The molecule has 0 unspecified atom stereocenters. The van der Waals surface area contributed by atoms with E-state index in [1.54, 1.807) is 30.2 Å². The molecular formula is C26H30BrNO6. The third-order valence-electron chi connectivity index (χ3n) is 5.68. The van der Waals surface area contributed by atoms with Crippen LogP contribution in [-0.2, 0) is 20.9 Å². The number of alkyl carbamates (subject to hydrolysis) is 1. The van der Waals surface area contributed by atoms with Crippen LogP contribution >= 0.6 is 16.3 Å². The van der Waals surface area contributed by atoms with Gasteiger partial charge in [0, 0.05) is 0 Å². The van der Waals surface area contributed by atoms with Crippen molar-refractivity contribution in [2.24, 2.45) is 5.92 Å². The maximum atomic E-state index is 11.9. The van der Waals surface area contributed by atoms with Gasteiger partial charge < -0.3 is 19.0 Å². The lowest BCUT2D eigenvalue weighted by Gasteiger charge is -2.18. The van der Waals surface area contributed by atoms with Gasteiger partial charge in [0.25, 0.3) is 0 Å². The molecule has 34 heavy (non-hydrogen) atoms. The van der Waals surface area contributed by atoms with Gasteiger partial charge in [-0.3, -0.25) is 0 Å². The van der Waals surface area contributed by atoms with Gasteiger partial charge in [-0.1, -0.05) is 87.9 Å². The summed E-state index contributed by atoms with van der Waals surface area (Å²) in [5, 5.41) is 11.5. The first-order chi connectivity index (χ1) is 16.5. The fourth-order valence-electron chi connectivity index (χ4n) is 3.71. The van der Waals surface area contributed by atoms with Crippen LogP contribution in [0.3, 0.4) is 0 Å². The number of carbonyl (C=O) groups is 2. The van der Waals surface area contributed by atoms with E-state index in [0.717, 1.165) is 11.5 Å². The summed E-state index contributed by atoms with van der Waals surface area (Å²) in [4.78, 5) is 34.7. The van der Waals surface area contributed by atoms with Crippen LogP contribution < -0.4 is 9.15 Å². The quantitative estimate of drug-likeness (QED) is 0.408. The lowest BCUT2D eigenvalue weighted by Crippen LogP contribution is -2.42. The van der Waals surface area contributed by atoms with Crippen molar-refractivity contribution in [2.45, 2.75) is 58.1 Å². The summed E-state index contributed by atoms with van der Waals surface area (Å²) in [6.07, 6.45) is 7.97. The van der Waals surface area contributed by atoms with Crippen molar-refractivity contribution in [1.29, 1.82) is 0 Å². The van der Waals surface area contributed by atoms with Gasteiger partial charge in [-0.05, 0) is 29.2 Å². The Balaban J connectivity index is 0.000000430. The van der Waals surface area contributed by atoms with E-state index in [2.05, 4.69) is 28.5 Å². The highest BCUT2D eigenvalue weighted by Crippen LogP contribution is 2.25. The van der Waals surface area contributed by atoms with Crippen molar-refractivity contribution < 1.29 is 28.1 Å². The fraction of sp³-hybridized carbons (Fsp3) is 0.385. The van der Waals surface area contributed by atoms with E-state index in [-0.39, 0.29) is 17.7 Å². The van der Waals surface area contributed by atoms with Gasteiger partial charge in [-0.25, -0.2) is 14.4 Å². The standard InChI is InChI=1S/C18H14BrNO6.C8H16/c19-26-14-8-6-13(7-9-14)15(10-21)16(17(22)23)20-18(24)25-11-12-4-2-1-3-5-12;1-2-8-6-4-3-5-7-8/h1-9,16H,11H2,(H,20,24)(H,22,23);8H,2-7H2,1H3/t16-;/m0./s1. The molecule has 182 valence electrons. The molecule has 2 aromatic rings. The zero-order valence-electron chi connectivity index (χ0n) is 19.2. The monoisotopic (exact) mass is 531 g/mol. The van der Waals surface area contributed by atoms with Gasteiger partial charge in [-0.2, -0.15) is 0 Å². The van der Waals surface area contributed by atoms with Crippen LogP contribution in [0.15, 0.2) is 54.6 Å². The summed E-state index contributed by atoms with van der Waals surface area (Å²) in [5.74, 6) is 1.71. The Hall–Kier alpha value is -3.09.